The van der Waals surface area contributed by atoms with Gasteiger partial charge in [-0.3, -0.25) is 9.98 Å². The standard InChI is InChI=1S/C39H59N7O4SSi2/c1-38(2,3)52(8,9)49-32-29(23-47-7)48-36(33(32)50-53(10,11)39(4,5)6)46-25-43-31-34(44-30(45-35(31)46)24-51-37(40)41)42-22-28(26-18-14-12-15-19-26)27-20-16-13-17-21-27/h12-21,25,28-29,32-33,36H,22-24H2,1-11H3,(H3,40,41)(H,42,44,45). The van der Waals surface area contributed by atoms with E-state index in [9.17, 15) is 0 Å². The molecule has 1 saturated heterocycles. The molecule has 2 aromatic heterocycles. The number of imidazole rings is 1. The van der Waals surface area contributed by atoms with Crippen LogP contribution in [0.5, 0.6) is 0 Å². The Morgan fingerprint density at radius 2 is 1.45 bits per heavy atom. The summed E-state index contributed by atoms with van der Waals surface area (Å²) in [6.07, 6.45) is -0.0251. The molecule has 4 unspecified atom stereocenters. The number of nitrogens with two attached hydrogens (primary N) is 1. The molecule has 288 valence electrons. The van der Waals surface area contributed by atoms with Crippen molar-refractivity contribution in [2.24, 2.45) is 5.73 Å². The van der Waals surface area contributed by atoms with Gasteiger partial charge in [0.25, 0.3) is 0 Å². The molecule has 4 atom stereocenters. The summed E-state index contributed by atoms with van der Waals surface area (Å²) in [5, 5.41) is 11.5. The molecule has 5 rings (SSSR count). The molecule has 3 heterocycles. The molecule has 1 aliphatic rings. The van der Waals surface area contributed by atoms with Crippen LogP contribution in [-0.2, 0) is 24.1 Å². The highest BCUT2D eigenvalue weighted by atomic mass is 32.2. The number of anilines is 1. The van der Waals surface area contributed by atoms with Gasteiger partial charge in [0.15, 0.2) is 45.0 Å². The van der Waals surface area contributed by atoms with Gasteiger partial charge < -0.3 is 29.4 Å². The van der Waals surface area contributed by atoms with Crippen LogP contribution in [0.15, 0.2) is 67.0 Å². The Morgan fingerprint density at radius 3 is 1.96 bits per heavy atom. The third kappa shape index (κ3) is 9.41. The van der Waals surface area contributed by atoms with Gasteiger partial charge >= 0.3 is 0 Å². The topological polar surface area (TPSA) is 142 Å². The van der Waals surface area contributed by atoms with Gasteiger partial charge in [0.2, 0.25) is 0 Å². The Kier molecular flexibility index (Phi) is 12.6. The highest BCUT2D eigenvalue weighted by Gasteiger charge is 2.54. The van der Waals surface area contributed by atoms with E-state index in [-0.39, 0.29) is 33.4 Å². The number of methoxy groups -OCH3 is 1. The highest BCUT2D eigenvalue weighted by Crippen LogP contribution is 2.46. The lowest BCUT2D eigenvalue weighted by Gasteiger charge is -2.44. The van der Waals surface area contributed by atoms with Gasteiger partial charge in [-0.15, -0.1) is 0 Å². The first-order valence-corrected chi connectivity index (χ1v) is 25.2. The van der Waals surface area contributed by atoms with Crippen molar-refractivity contribution in [2.75, 3.05) is 25.6 Å². The SMILES string of the molecule is COCC1OC(n2cnc3c(NCC(c4ccccc4)c4ccccc4)nc(CSC(=N)N)nc32)C(O[Si](C)(C)C(C)(C)C)C1O[Si](C)(C)C(C)(C)C. The minimum absolute atomic E-state index is 0.0000729. The summed E-state index contributed by atoms with van der Waals surface area (Å²) >= 11 is 1.18. The first-order chi connectivity index (χ1) is 24.8. The Morgan fingerprint density at radius 1 is 0.906 bits per heavy atom. The summed E-state index contributed by atoms with van der Waals surface area (Å²) in [6, 6.07) is 20.9. The number of hydrogen-bond acceptors (Lipinski definition) is 10. The van der Waals surface area contributed by atoms with E-state index in [0.717, 1.165) is 0 Å². The zero-order valence-electron chi connectivity index (χ0n) is 33.3. The third-order valence-corrected chi connectivity index (χ3v) is 20.7. The molecule has 1 fully saturated rings. The number of benzene rings is 2. The van der Waals surface area contributed by atoms with E-state index in [1.54, 1.807) is 13.4 Å². The normalized spacial score (nSPS) is 20.0. The second-order valence-electron chi connectivity index (χ2n) is 16.9. The molecule has 11 nitrogen and oxygen atoms in total. The molecular weight excluding hydrogens is 719 g/mol. The van der Waals surface area contributed by atoms with Crippen LogP contribution in [0.1, 0.15) is 70.6 Å². The van der Waals surface area contributed by atoms with Crippen LogP contribution in [-0.4, -0.2) is 79.9 Å². The largest absolute Gasteiger partial charge is 0.408 e. The predicted octanol–water partition coefficient (Wildman–Crippen LogP) is 8.52. The van der Waals surface area contributed by atoms with E-state index in [1.807, 2.05) is 16.7 Å². The van der Waals surface area contributed by atoms with E-state index in [1.165, 1.54) is 22.9 Å². The van der Waals surface area contributed by atoms with Gasteiger partial charge in [-0.05, 0) is 47.4 Å². The summed E-state index contributed by atoms with van der Waals surface area (Å²) in [5.41, 5.74) is 9.39. The number of hydrogen-bond donors (Lipinski definition) is 3. The molecule has 0 spiro atoms. The molecule has 0 amide bonds. The third-order valence-electron chi connectivity index (χ3n) is 11.1. The maximum atomic E-state index is 7.89. The van der Waals surface area contributed by atoms with Gasteiger partial charge in [0.1, 0.15) is 24.1 Å². The highest BCUT2D eigenvalue weighted by molar-refractivity contribution is 8.13. The van der Waals surface area contributed by atoms with Gasteiger partial charge in [-0.1, -0.05) is 114 Å². The average molecular weight is 778 g/mol. The van der Waals surface area contributed by atoms with Crippen LogP contribution in [0, 0.1) is 5.41 Å². The smallest absolute Gasteiger partial charge is 0.192 e. The lowest BCUT2D eigenvalue weighted by molar-refractivity contribution is -0.0562. The minimum atomic E-state index is -2.35. The fraction of sp³-hybridized carbons (Fsp3) is 0.538. The molecule has 4 aromatic rings. The summed E-state index contributed by atoms with van der Waals surface area (Å²) in [5.74, 6) is 1.51. The second-order valence-corrected chi connectivity index (χ2v) is 27.5. The number of amidine groups is 1. The Balaban J connectivity index is 1.61. The van der Waals surface area contributed by atoms with Crippen molar-refractivity contribution in [3.8, 4) is 0 Å². The Bertz CT molecular complexity index is 1790. The molecular formula is C39H59N7O4SSi2. The van der Waals surface area contributed by atoms with Crippen molar-refractivity contribution in [1.82, 2.24) is 19.5 Å². The molecule has 2 aromatic carbocycles. The van der Waals surface area contributed by atoms with E-state index < -0.39 is 29.0 Å². The fourth-order valence-corrected chi connectivity index (χ4v) is 9.03. The van der Waals surface area contributed by atoms with Crippen molar-refractivity contribution in [2.45, 2.75) is 114 Å². The van der Waals surface area contributed by atoms with Crippen molar-refractivity contribution < 1.29 is 18.3 Å². The number of rotatable bonds is 14. The number of aromatic nitrogens is 4. The average Bonchev–Trinajstić information content (AvgIpc) is 3.64. The Labute approximate surface area is 321 Å². The van der Waals surface area contributed by atoms with Crippen LogP contribution in [0.25, 0.3) is 11.2 Å². The zero-order chi connectivity index (χ0) is 38.8. The molecule has 0 aliphatic carbocycles. The van der Waals surface area contributed by atoms with Gasteiger partial charge in [0, 0.05) is 19.6 Å². The van der Waals surface area contributed by atoms with Gasteiger partial charge in [-0.25, -0.2) is 15.0 Å². The lowest BCUT2D eigenvalue weighted by atomic mass is 9.91. The van der Waals surface area contributed by atoms with Crippen molar-refractivity contribution in [1.29, 1.82) is 5.41 Å². The van der Waals surface area contributed by atoms with Crippen LogP contribution in [0.2, 0.25) is 36.3 Å². The fourth-order valence-electron chi connectivity index (χ4n) is 6.01. The van der Waals surface area contributed by atoms with Crippen LogP contribution < -0.4 is 11.1 Å². The minimum Gasteiger partial charge on any atom is -0.408 e. The maximum Gasteiger partial charge on any atom is 0.192 e. The molecule has 0 saturated carbocycles. The monoisotopic (exact) mass is 777 g/mol. The lowest BCUT2D eigenvalue weighted by Crippen LogP contribution is -2.54. The summed E-state index contributed by atoms with van der Waals surface area (Å²) < 4.78 is 29.2. The Hall–Kier alpha value is -3.12. The van der Waals surface area contributed by atoms with Crippen molar-refractivity contribution >= 4 is 50.5 Å². The first-order valence-electron chi connectivity index (χ1n) is 18.4. The second kappa shape index (κ2) is 16.3. The molecule has 1 aliphatic heterocycles. The summed E-state index contributed by atoms with van der Waals surface area (Å²) in [6.45, 7) is 23.5. The quantitative estimate of drug-likeness (QED) is 0.0648. The maximum absolute atomic E-state index is 7.89. The predicted molar refractivity (Wildman–Crippen MR) is 222 cm³/mol. The van der Waals surface area contributed by atoms with Crippen LogP contribution in [0.3, 0.4) is 0 Å². The van der Waals surface area contributed by atoms with E-state index in [2.05, 4.69) is 122 Å². The first kappa shape index (κ1) is 41.1. The number of nitrogens with zero attached hydrogens (tertiary/aromatic N) is 4. The number of thioether (sulfide) groups is 1. The van der Waals surface area contributed by atoms with Gasteiger partial charge in [-0.2, -0.15) is 0 Å². The van der Waals surface area contributed by atoms with Crippen LogP contribution >= 0.6 is 11.8 Å². The van der Waals surface area contributed by atoms with E-state index >= 15 is 0 Å². The zero-order valence-corrected chi connectivity index (χ0v) is 36.1. The summed E-state index contributed by atoms with van der Waals surface area (Å²) in [7, 11) is -2.94. The molecule has 53 heavy (non-hydrogen) atoms. The van der Waals surface area contributed by atoms with Crippen molar-refractivity contribution in [3.63, 3.8) is 0 Å². The van der Waals surface area contributed by atoms with Crippen LogP contribution in [0.4, 0.5) is 5.82 Å². The number of ether oxygens (including phenoxy) is 2. The molecule has 0 bridgehead atoms. The van der Waals surface area contributed by atoms with Crippen molar-refractivity contribution in [3.05, 3.63) is 83.9 Å². The summed E-state index contributed by atoms with van der Waals surface area (Å²) in [4.78, 5) is 14.9. The molecule has 0 radical (unpaired) electrons. The van der Waals surface area contributed by atoms with E-state index in [0.29, 0.717) is 41.7 Å². The molecule has 14 heteroatoms. The van der Waals surface area contributed by atoms with Gasteiger partial charge in [0.05, 0.1) is 18.7 Å². The molecule has 4 N–H and O–H groups in total. The van der Waals surface area contributed by atoms with E-state index in [4.69, 9.17) is 44.4 Å². The number of fused-ring (bicyclic) bond motifs is 1. The number of nitrogens with one attached hydrogen (secondary N) is 2.